The van der Waals surface area contributed by atoms with Gasteiger partial charge in [-0.05, 0) is 44.6 Å². The number of nitrogens with one attached hydrogen (secondary N) is 1. The molecule has 0 aromatic carbocycles. The van der Waals surface area contributed by atoms with Gasteiger partial charge in [0, 0.05) is 36.3 Å². The summed E-state index contributed by atoms with van der Waals surface area (Å²) >= 11 is 0. The van der Waals surface area contributed by atoms with Crippen molar-refractivity contribution in [3.8, 4) is 0 Å². The zero-order valence-electron chi connectivity index (χ0n) is 12.8. The lowest BCUT2D eigenvalue weighted by atomic mass is 9.84. The van der Waals surface area contributed by atoms with Crippen LogP contribution in [-0.2, 0) is 15.5 Å². The highest BCUT2D eigenvalue weighted by molar-refractivity contribution is 7.85. The molecule has 1 aliphatic rings. The maximum atomic E-state index is 12.5. The molecule has 1 saturated carbocycles. The van der Waals surface area contributed by atoms with Gasteiger partial charge in [-0.3, -0.25) is 4.21 Å². The Morgan fingerprint density at radius 3 is 2.74 bits per heavy atom. The van der Waals surface area contributed by atoms with Crippen LogP contribution in [0.1, 0.15) is 52.4 Å². The molecule has 114 valence electrons. The number of methoxy groups -OCH3 is 1. The zero-order chi connectivity index (χ0) is 14.1. The number of hydrogen-bond donors (Lipinski definition) is 1. The van der Waals surface area contributed by atoms with E-state index in [1.165, 1.54) is 19.3 Å². The van der Waals surface area contributed by atoms with Crippen LogP contribution in [0.25, 0.3) is 0 Å². The Bertz CT molecular complexity index is 261. The smallest absolute Gasteiger partial charge is 0.0503 e. The maximum absolute atomic E-state index is 12.5. The first-order valence-corrected chi connectivity index (χ1v) is 9.20. The highest BCUT2D eigenvalue weighted by Crippen LogP contribution is 2.30. The van der Waals surface area contributed by atoms with Crippen LogP contribution in [0.15, 0.2) is 0 Å². The van der Waals surface area contributed by atoms with E-state index in [1.54, 1.807) is 7.11 Å². The summed E-state index contributed by atoms with van der Waals surface area (Å²) < 4.78 is 17.6. The lowest BCUT2D eigenvalue weighted by Gasteiger charge is -2.36. The van der Waals surface area contributed by atoms with E-state index in [0.29, 0.717) is 11.3 Å². The van der Waals surface area contributed by atoms with E-state index in [2.05, 4.69) is 19.2 Å². The van der Waals surface area contributed by atoms with Gasteiger partial charge < -0.3 is 10.1 Å². The van der Waals surface area contributed by atoms with Crippen LogP contribution in [0, 0.1) is 5.92 Å². The van der Waals surface area contributed by atoms with E-state index < -0.39 is 10.8 Å². The van der Waals surface area contributed by atoms with Crippen LogP contribution < -0.4 is 5.32 Å². The second kappa shape index (κ2) is 9.89. The molecule has 4 heteroatoms. The summed E-state index contributed by atoms with van der Waals surface area (Å²) in [5.74, 6) is 1.57. The van der Waals surface area contributed by atoms with Gasteiger partial charge in [-0.25, -0.2) is 0 Å². The molecule has 0 aliphatic heterocycles. The Hall–Kier alpha value is 0.0700. The number of hydrogen-bond acceptors (Lipinski definition) is 3. The zero-order valence-corrected chi connectivity index (χ0v) is 13.6. The van der Waals surface area contributed by atoms with Crippen LogP contribution in [0.2, 0.25) is 0 Å². The van der Waals surface area contributed by atoms with Gasteiger partial charge in [0.2, 0.25) is 0 Å². The molecule has 0 amide bonds. The molecule has 0 spiro atoms. The van der Waals surface area contributed by atoms with Crippen molar-refractivity contribution in [3.63, 3.8) is 0 Å². The third-order valence-electron chi connectivity index (χ3n) is 4.17. The molecule has 1 N–H and O–H groups in total. The van der Waals surface area contributed by atoms with E-state index in [-0.39, 0.29) is 0 Å². The first kappa shape index (κ1) is 17.1. The van der Waals surface area contributed by atoms with Crippen molar-refractivity contribution in [1.82, 2.24) is 5.32 Å². The fraction of sp³-hybridized carbons (Fsp3) is 1.00. The maximum Gasteiger partial charge on any atom is 0.0503 e. The Kier molecular flexibility index (Phi) is 8.92. The Morgan fingerprint density at radius 2 is 2.11 bits per heavy atom. The van der Waals surface area contributed by atoms with Gasteiger partial charge in [-0.15, -0.1) is 0 Å². The largest absolute Gasteiger partial charge is 0.385 e. The average Bonchev–Trinajstić information content (AvgIpc) is 2.45. The molecule has 4 atom stereocenters. The molecule has 0 bridgehead atoms. The van der Waals surface area contributed by atoms with Gasteiger partial charge in [-0.1, -0.05) is 20.3 Å². The first-order chi connectivity index (χ1) is 9.22. The standard InChI is InChI=1S/C15H31NO2S/c1-4-9-16-14-8-7-13(5-2)12-15(14)19(17)11-6-10-18-3/h13-16H,4-12H2,1-3H3. The highest BCUT2D eigenvalue weighted by atomic mass is 32.2. The molecular formula is C15H31NO2S. The van der Waals surface area contributed by atoms with E-state index in [4.69, 9.17) is 4.74 Å². The van der Waals surface area contributed by atoms with Gasteiger partial charge >= 0.3 is 0 Å². The van der Waals surface area contributed by atoms with Crippen molar-refractivity contribution in [1.29, 1.82) is 0 Å². The third-order valence-corrected chi connectivity index (χ3v) is 6.05. The summed E-state index contributed by atoms with van der Waals surface area (Å²) in [7, 11) is 1.00. The molecular weight excluding hydrogens is 258 g/mol. The number of rotatable bonds is 9. The molecule has 0 aromatic heterocycles. The summed E-state index contributed by atoms with van der Waals surface area (Å²) in [4.78, 5) is 0. The van der Waals surface area contributed by atoms with E-state index >= 15 is 0 Å². The van der Waals surface area contributed by atoms with Gasteiger partial charge in [-0.2, -0.15) is 0 Å². The molecule has 4 unspecified atom stereocenters. The molecule has 1 aliphatic carbocycles. The van der Waals surface area contributed by atoms with Gasteiger partial charge in [0.05, 0.1) is 5.25 Å². The molecule has 0 aromatic rings. The molecule has 0 heterocycles. The first-order valence-electron chi connectivity index (χ1n) is 7.82. The van der Waals surface area contributed by atoms with Crippen LogP contribution in [0.4, 0.5) is 0 Å². The highest BCUT2D eigenvalue weighted by Gasteiger charge is 2.32. The van der Waals surface area contributed by atoms with Crippen LogP contribution in [-0.4, -0.2) is 41.5 Å². The van der Waals surface area contributed by atoms with Gasteiger partial charge in [0.25, 0.3) is 0 Å². The second-order valence-corrected chi connectivity index (χ2v) is 7.39. The summed E-state index contributed by atoms with van der Waals surface area (Å²) in [6.07, 6.45) is 6.92. The van der Waals surface area contributed by atoms with Crippen LogP contribution >= 0.6 is 0 Å². The summed E-state index contributed by atoms with van der Waals surface area (Å²) in [6, 6.07) is 0.464. The fourth-order valence-corrected chi connectivity index (χ4v) is 4.72. The van der Waals surface area contributed by atoms with Gasteiger partial charge in [0.15, 0.2) is 0 Å². The topological polar surface area (TPSA) is 38.3 Å². The van der Waals surface area contributed by atoms with Crippen molar-refractivity contribution in [2.24, 2.45) is 5.92 Å². The Balaban J connectivity index is 2.51. The lowest BCUT2D eigenvalue weighted by molar-refractivity contribution is 0.199. The molecule has 0 saturated heterocycles. The molecule has 3 nitrogen and oxygen atoms in total. The normalized spacial score (nSPS) is 29.3. The van der Waals surface area contributed by atoms with Crippen LogP contribution in [0.5, 0.6) is 0 Å². The second-order valence-electron chi connectivity index (χ2n) is 5.62. The van der Waals surface area contributed by atoms with Crippen LogP contribution in [0.3, 0.4) is 0 Å². The van der Waals surface area contributed by atoms with Crippen molar-refractivity contribution >= 4 is 10.8 Å². The van der Waals surface area contributed by atoms with Crippen molar-refractivity contribution in [2.75, 3.05) is 26.0 Å². The van der Waals surface area contributed by atoms with Crippen molar-refractivity contribution in [2.45, 2.75) is 63.7 Å². The molecule has 0 radical (unpaired) electrons. The summed E-state index contributed by atoms with van der Waals surface area (Å²) in [6.45, 7) is 6.22. The van der Waals surface area contributed by atoms with Crippen molar-refractivity contribution < 1.29 is 8.95 Å². The monoisotopic (exact) mass is 289 g/mol. The molecule has 1 rings (SSSR count). The predicted molar refractivity (Wildman–Crippen MR) is 83.0 cm³/mol. The summed E-state index contributed by atoms with van der Waals surface area (Å²) in [5, 5.41) is 3.96. The third kappa shape index (κ3) is 5.92. The SMILES string of the molecule is CCCNC1CCC(CC)CC1S(=O)CCCOC. The lowest BCUT2D eigenvalue weighted by Crippen LogP contribution is -2.47. The van der Waals surface area contributed by atoms with E-state index in [1.807, 2.05) is 0 Å². The predicted octanol–water partition coefficient (Wildman–Crippen LogP) is 2.72. The average molecular weight is 289 g/mol. The van der Waals surface area contributed by atoms with Crippen molar-refractivity contribution in [3.05, 3.63) is 0 Å². The Labute approximate surface area is 121 Å². The minimum absolute atomic E-state index is 0.349. The Morgan fingerprint density at radius 1 is 1.32 bits per heavy atom. The minimum atomic E-state index is -0.706. The number of ether oxygens (including phenoxy) is 1. The van der Waals surface area contributed by atoms with Gasteiger partial charge in [0.1, 0.15) is 0 Å². The quantitative estimate of drug-likeness (QED) is 0.663. The molecule has 1 fully saturated rings. The van der Waals surface area contributed by atoms with E-state index in [9.17, 15) is 4.21 Å². The fourth-order valence-electron chi connectivity index (χ4n) is 2.93. The van der Waals surface area contributed by atoms with E-state index in [0.717, 1.165) is 44.1 Å². The molecule has 19 heavy (non-hydrogen) atoms. The minimum Gasteiger partial charge on any atom is -0.385 e. The summed E-state index contributed by atoms with van der Waals surface area (Å²) in [5.41, 5.74) is 0.